The number of hydrogen-bond donors (Lipinski definition) is 1. The number of rotatable bonds is 4. The first-order valence-corrected chi connectivity index (χ1v) is 6.30. The number of halogens is 3. The summed E-state index contributed by atoms with van der Waals surface area (Å²) in [7, 11) is 0. The molecule has 0 unspecified atom stereocenters. The number of aromatic nitrogens is 2. The van der Waals surface area contributed by atoms with Crippen LogP contribution in [-0.2, 0) is 12.7 Å². The van der Waals surface area contributed by atoms with E-state index in [2.05, 4.69) is 5.10 Å². The molecule has 1 aromatic heterocycles. The van der Waals surface area contributed by atoms with Gasteiger partial charge in [0, 0.05) is 18.3 Å². The molecule has 0 spiro atoms. The van der Waals surface area contributed by atoms with Crippen molar-refractivity contribution in [1.29, 1.82) is 0 Å². The minimum atomic E-state index is -4.72. The summed E-state index contributed by atoms with van der Waals surface area (Å²) in [6.45, 7) is 2.63. The van der Waals surface area contributed by atoms with Gasteiger partial charge in [0.05, 0.1) is 17.3 Å². The number of carboxylic acids is 1. The van der Waals surface area contributed by atoms with Gasteiger partial charge in [-0.3, -0.25) is 4.68 Å². The molecule has 2 aromatic rings. The van der Waals surface area contributed by atoms with E-state index in [1.807, 2.05) is 6.92 Å². The summed E-state index contributed by atoms with van der Waals surface area (Å²) in [6, 6.07) is 3.17. The van der Waals surface area contributed by atoms with Crippen LogP contribution in [0.5, 0.6) is 0 Å². The molecule has 1 N–H and O–H groups in total. The van der Waals surface area contributed by atoms with E-state index in [0.29, 0.717) is 12.1 Å². The van der Waals surface area contributed by atoms with E-state index in [1.165, 1.54) is 12.3 Å². The average Bonchev–Trinajstić information content (AvgIpc) is 2.86. The van der Waals surface area contributed by atoms with Crippen molar-refractivity contribution in [2.24, 2.45) is 0 Å². The van der Waals surface area contributed by atoms with Crippen molar-refractivity contribution in [1.82, 2.24) is 9.78 Å². The molecular weight excluding hydrogens is 285 g/mol. The van der Waals surface area contributed by atoms with Crippen molar-refractivity contribution in [2.75, 3.05) is 0 Å². The zero-order valence-electron chi connectivity index (χ0n) is 11.2. The molecule has 21 heavy (non-hydrogen) atoms. The molecule has 2 rings (SSSR count). The highest BCUT2D eigenvalue weighted by Gasteiger charge is 2.35. The normalized spacial score (nSPS) is 11.6. The minimum Gasteiger partial charge on any atom is -0.478 e. The molecule has 4 nitrogen and oxygen atoms in total. The van der Waals surface area contributed by atoms with Crippen molar-refractivity contribution in [2.45, 2.75) is 26.1 Å². The molecule has 0 radical (unpaired) electrons. The molecule has 7 heteroatoms. The Balaban J connectivity index is 2.48. The smallest absolute Gasteiger partial charge is 0.417 e. The van der Waals surface area contributed by atoms with Crippen LogP contribution in [0, 0.1) is 0 Å². The first-order valence-electron chi connectivity index (χ1n) is 6.30. The Hall–Kier alpha value is -2.31. The van der Waals surface area contributed by atoms with Crippen LogP contribution in [0.1, 0.15) is 29.3 Å². The third kappa shape index (κ3) is 3.24. The number of aryl methyl sites for hydroxylation is 1. The van der Waals surface area contributed by atoms with E-state index in [9.17, 15) is 18.0 Å². The maximum absolute atomic E-state index is 12.9. The van der Waals surface area contributed by atoms with E-state index in [0.717, 1.165) is 18.6 Å². The monoisotopic (exact) mass is 298 g/mol. The van der Waals surface area contributed by atoms with Crippen molar-refractivity contribution in [3.05, 3.63) is 41.7 Å². The lowest BCUT2D eigenvalue weighted by atomic mass is 10.0. The van der Waals surface area contributed by atoms with Crippen molar-refractivity contribution in [3.63, 3.8) is 0 Å². The quantitative estimate of drug-likeness (QED) is 0.936. The molecule has 112 valence electrons. The standard InChI is InChI=1S/C14H13F3N2O2/c1-2-5-19-8-10(7-18-19)9-3-4-11(13(20)21)12(6-9)14(15,16)17/h3-4,6-8H,2,5H2,1H3,(H,20,21). The van der Waals surface area contributed by atoms with Gasteiger partial charge in [0.1, 0.15) is 0 Å². The van der Waals surface area contributed by atoms with Crippen LogP contribution < -0.4 is 0 Å². The number of hydrogen-bond acceptors (Lipinski definition) is 2. The number of carboxylic acid groups (broad SMARTS) is 1. The van der Waals surface area contributed by atoms with Crippen molar-refractivity contribution >= 4 is 5.97 Å². The third-order valence-electron chi connectivity index (χ3n) is 2.97. The first kappa shape index (κ1) is 15.1. The Labute approximate surface area is 118 Å². The summed E-state index contributed by atoms with van der Waals surface area (Å²) in [5.74, 6) is -1.60. The van der Waals surface area contributed by atoms with Gasteiger partial charge in [-0.2, -0.15) is 18.3 Å². The fraction of sp³-hybridized carbons (Fsp3) is 0.286. The van der Waals surface area contributed by atoms with Crippen LogP contribution in [-0.4, -0.2) is 20.9 Å². The molecule has 0 saturated carbocycles. The van der Waals surface area contributed by atoms with E-state index in [-0.39, 0.29) is 5.56 Å². The van der Waals surface area contributed by atoms with Gasteiger partial charge >= 0.3 is 12.1 Å². The molecule has 0 aliphatic rings. The summed E-state index contributed by atoms with van der Waals surface area (Å²) in [5.41, 5.74) is -1.11. The number of nitrogens with zero attached hydrogens (tertiary/aromatic N) is 2. The fourth-order valence-corrected chi connectivity index (χ4v) is 2.01. The molecule has 0 fully saturated rings. The van der Waals surface area contributed by atoms with E-state index in [4.69, 9.17) is 5.11 Å². The molecule has 0 saturated heterocycles. The number of carbonyl (C=O) groups is 1. The van der Waals surface area contributed by atoms with Crippen molar-refractivity contribution in [3.8, 4) is 11.1 Å². The topological polar surface area (TPSA) is 55.1 Å². The molecule has 0 bridgehead atoms. The average molecular weight is 298 g/mol. The zero-order valence-corrected chi connectivity index (χ0v) is 11.2. The highest BCUT2D eigenvalue weighted by atomic mass is 19.4. The Bertz CT molecular complexity index is 662. The summed E-state index contributed by atoms with van der Waals surface area (Å²) >= 11 is 0. The molecule has 0 amide bonds. The van der Waals surface area contributed by atoms with Crippen LogP contribution in [0.2, 0.25) is 0 Å². The van der Waals surface area contributed by atoms with Gasteiger partial charge in [0.15, 0.2) is 0 Å². The number of benzene rings is 1. The van der Waals surface area contributed by atoms with E-state index >= 15 is 0 Å². The predicted octanol–water partition coefficient (Wildman–Crippen LogP) is 3.68. The van der Waals surface area contributed by atoms with Crippen LogP contribution >= 0.6 is 0 Å². The van der Waals surface area contributed by atoms with Gasteiger partial charge in [0.25, 0.3) is 0 Å². The lowest BCUT2D eigenvalue weighted by molar-refractivity contribution is -0.138. The lowest BCUT2D eigenvalue weighted by Crippen LogP contribution is -2.12. The molecule has 0 atom stereocenters. The Kier molecular flexibility index (Phi) is 4.02. The Morgan fingerprint density at radius 1 is 1.33 bits per heavy atom. The summed E-state index contributed by atoms with van der Waals surface area (Å²) in [4.78, 5) is 10.9. The van der Waals surface area contributed by atoms with Gasteiger partial charge < -0.3 is 5.11 Å². The SMILES string of the molecule is CCCn1cc(-c2ccc(C(=O)O)c(C(F)(F)F)c2)cn1. The van der Waals surface area contributed by atoms with Crippen LogP contribution in [0.4, 0.5) is 13.2 Å². The largest absolute Gasteiger partial charge is 0.478 e. The summed E-state index contributed by atoms with van der Waals surface area (Å²) < 4.78 is 40.5. The minimum absolute atomic E-state index is 0.287. The molecule has 1 aromatic carbocycles. The number of aromatic carboxylic acids is 1. The second kappa shape index (κ2) is 5.59. The van der Waals surface area contributed by atoms with E-state index in [1.54, 1.807) is 10.9 Å². The Morgan fingerprint density at radius 3 is 2.62 bits per heavy atom. The fourth-order valence-electron chi connectivity index (χ4n) is 2.01. The second-order valence-corrected chi connectivity index (χ2v) is 4.56. The highest BCUT2D eigenvalue weighted by Crippen LogP contribution is 2.35. The van der Waals surface area contributed by atoms with Crippen molar-refractivity contribution < 1.29 is 23.1 Å². The maximum atomic E-state index is 12.9. The molecule has 0 aliphatic heterocycles. The zero-order chi connectivity index (χ0) is 15.6. The molecule has 0 aliphatic carbocycles. The van der Waals surface area contributed by atoms with Gasteiger partial charge in [-0.05, 0) is 24.1 Å². The van der Waals surface area contributed by atoms with Gasteiger partial charge in [-0.25, -0.2) is 4.79 Å². The van der Waals surface area contributed by atoms with Crippen LogP contribution in [0.25, 0.3) is 11.1 Å². The van der Waals surface area contributed by atoms with Gasteiger partial charge in [0.2, 0.25) is 0 Å². The van der Waals surface area contributed by atoms with Crippen LogP contribution in [0.3, 0.4) is 0 Å². The van der Waals surface area contributed by atoms with Gasteiger partial charge in [-0.1, -0.05) is 13.0 Å². The highest BCUT2D eigenvalue weighted by molar-refractivity contribution is 5.90. The van der Waals surface area contributed by atoms with Gasteiger partial charge in [-0.15, -0.1) is 0 Å². The van der Waals surface area contributed by atoms with Crippen LogP contribution in [0.15, 0.2) is 30.6 Å². The summed E-state index contributed by atoms with van der Waals surface area (Å²) in [5, 5.41) is 12.9. The Morgan fingerprint density at radius 2 is 2.05 bits per heavy atom. The second-order valence-electron chi connectivity index (χ2n) is 4.56. The predicted molar refractivity (Wildman–Crippen MR) is 69.9 cm³/mol. The molecular formula is C14H13F3N2O2. The molecule has 1 heterocycles. The lowest BCUT2D eigenvalue weighted by Gasteiger charge is -2.11. The van der Waals surface area contributed by atoms with E-state index < -0.39 is 23.3 Å². The third-order valence-corrected chi connectivity index (χ3v) is 2.97. The number of alkyl halides is 3. The summed E-state index contributed by atoms with van der Waals surface area (Å²) in [6.07, 6.45) is -0.763. The maximum Gasteiger partial charge on any atom is 0.417 e. The first-order chi connectivity index (χ1) is 9.82.